The fraction of sp³-hybridized carbons (Fsp3) is 0.200. The minimum absolute atomic E-state index is 0.0899. The van der Waals surface area contributed by atoms with E-state index in [0.717, 1.165) is 28.0 Å². The largest absolute Gasteiger partial charge is 0.486 e. The minimum atomic E-state index is -0.637. The maximum atomic E-state index is 9.49. The third-order valence-electron chi connectivity index (χ3n) is 5.41. The van der Waals surface area contributed by atoms with Crippen molar-refractivity contribution >= 4 is 45.7 Å². The van der Waals surface area contributed by atoms with Crippen LogP contribution in [-0.2, 0) is 11.3 Å². The van der Waals surface area contributed by atoms with E-state index in [0.29, 0.717) is 35.8 Å². The van der Waals surface area contributed by atoms with E-state index in [1.807, 2.05) is 49.4 Å². The number of rotatable bonds is 7. The first-order valence-electron chi connectivity index (χ1n) is 11.0. The van der Waals surface area contributed by atoms with Crippen molar-refractivity contribution in [2.75, 3.05) is 23.8 Å². The molecule has 3 N–H and O–H groups in total. The van der Waals surface area contributed by atoms with Crippen molar-refractivity contribution in [3.63, 3.8) is 0 Å². The molecule has 1 aliphatic rings. The molecule has 10 heteroatoms. The number of aliphatic hydroxyl groups is 1. The molecular weight excluding hydrogens is 468 g/mol. The lowest BCUT2D eigenvalue weighted by atomic mass is 10.1. The number of halogens is 1. The smallest absolute Gasteiger partial charge is 0.290 e. The van der Waals surface area contributed by atoms with Crippen LogP contribution in [0.1, 0.15) is 12.6 Å². The first-order chi connectivity index (χ1) is 17.0. The molecule has 2 aromatic heterocycles. The van der Waals surface area contributed by atoms with E-state index in [1.165, 1.54) is 6.33 Å². The Bertz CT molecular complexity index is 1380. The number of anilines is 3. The maximum Gasteiger partial charge on any atom is 0.290 e. The van der Waals surface area contributed by atoms with Crippen LogP contribution in [0.5, 0.6) is 5.75 Å². The van der Waals surface area contributed by atoms with Crippen molar-refractivity contribution in [1.82, 2.24) is 15.0 Å². The van der Waals surface area contributed by atoms with Crippen LogP contribution in [0.2, 0.25) is 5.02 Å². The Balaban J connectivity index is 1.33. The van der Waals surface area contributed by atoms with Crippen LogP contribution >= 0.6 is 11.6 Å². The van der Waals surface area contributed by atoms with Gasteiger partial charge in [0.2, 0.25) is 0 Å². The fourth-order valence-electron chi connectivity index (χ4n) is 3.50. The number of hydrogen-bond donors (Lipinski definition) is 3. The molecular formula is C25H23ClN6O3. The maximum absolute atomic E-state index is 9.49. The molecule has 2 aromatic carbocycles. The van der Waals surface area contributed by atoms with Crippen LogP contribution < -0.4 is 15.4 Å². The van der Waals surface area contributed by atoms with Gasteiger partial charge in [-0.15, -0.1) is 0 Å². The van der Waals surface area contributed by atoms with Crippen LogP contribution in [-0.4, -0.2) is 44.8 Å². The number of aliphatic imine (C=N–C) groups is 1. The number of fused-ring (bicyclic) bond motifs is 1. The van der Waals surface area contributed by atoms with E-state index in [1.54, 1.807) is 18.3 Å². The first kappa shape index (κ1) is 22.8. The Labute approximate surface area is 206 Å². The molecule has 0 saturated heterocycles. The highest BCUT2D eigenvalue weighted by atomic mass is 35.5. The number of ether oxygens (including phenoxy) is 2. The van der Waals surface area contributed by atoms with Gasteiger partial charge in [0, 0.05) is 23.0 Å². The fourth-order valence-corrected chi connectivity index (χ4v) is 3.74. The zero-order chi connectivity index (χ0) is 24.3. The second-order valence-electron chi connectivity index (χ2n) is 8.32. The highest BCUT2D eigenvalue weighted by Crippen LogP contribution is 2.31. The predicted molar refractivity (Wildman–Crippen MR) is 135 cm³/mol. The summed E-state index contributed by atoms with van der Waals surface area (Å²) in [6.07, 6.45) is 3.22. The summed E-state index contributed by atoms with van der Waals surface area (Å²) in [5, 5.41) is 17.2. The molecule has 3 heterocycles. The van der Waals surface area contributed by atoms with Gasteiger partial charge in [-0.25, -0.2) is 15.0 Å². The Morgan fingerprint density at radius 2 is 1.91 bits per heavy atom. The SMILES string of the molecule is C[C@]1(CO)COC(Nc2ccc3ncnc(Nc4ccc(OCc5ccccn5)c(Cl)c4)c3c2)=N1. The number of nitrogens with one attached hydrogen (secondary N) is 2. The predicted octanol–water partition coefficient (Wildman–Crippen LogP) is 4.55. The third kappa shape index (κ3) is 5.26. The number of nitrogens with zero attached hydrogens (tertiary/aromatic N) is 4. The summed E-state index contributed by atoms with van der Waals surface area (Å²) in [7, 11) is 0. The number of amidine groups is 1. The molecule has 0 aliphatic carbocycles. The van der Waals surface area contributed by atoms with Crippen molar-refractivity contribution in [3.8, 4) is 5.75 Å². The van der Waals surface area contributed by atoms with Gasteiger partial charge in [-0.3, -0.25) is 4.98 Å². The average molecular weight is 491 g/mol. The highest BCUT2D eigenvalue weighted by Gasteiger charge is 2.31. The summed E-state index contributed by atoms with van der Waals surface area (Å²) in [6.45, 7) is 2.38. The Morgan fingerprint density at radius 1 is 1.06 bits per heavy atom. The zero-order valence-electron chi connectivity index (χ0n) is 18.9. The van der Waals surface area contributed by atoms with Crippen molar-refractivity contribution in [3.05, 3.63) is 77.8 Å². The van der Waals surface area contributed by atoms with E-state index in [9.17, 15) is 5.11 Å². The molecule has 5 rings (SSSR count). The lowest BCUT2D eigenvalue weighted by Crippen LogP contribution is -2.28. The van der Waals surface area contributed by atoms with Gasteiger partial charge in [-0.2, -0.15) is 0 Å². The quantitative estimate of drug-likeness (QED) is 0.346. The Hall–Kier alpha value is -3.95. The van der Waals surface area contributed by atoms with Gasteiger partial charge in [-0.05, 0) is 55.5 Å². The average Bonchev–Trinajstić information content (AvgIpc) is 3.25. The number of aliphatic hydroxyl groups excluding tert-OH is 1. The third-order valence-corrected chi connectivity index (χ3v) is 5.71. The number of aromatic nitrogens is 3. The van der Waals surface area contributed by atoms with Gasteiger partial charge in [0.25, 0.3) is 6.02 Å². The van der Waals surface area contributed by atoms with E-state index in [-0.39, 0.29) is 6.61 Å². The summed E-state index contributed by atoms with van der Waals surface area (Å²) >= 11 is 6.46. The van der Waals surface area contributed by atoms with Gasteiger partial charge in [0.15, 0.2) is 0 Å². The van der Waals surface area contributed by atoms with E-state index in [2.05, 4.69) is 30.6 Å². The van der Waals surface area contributed by atoms with E-state index < -0.39 is 5.54 Å². The second kappa shape index (κ2) is 9.73. The molecule has 0 bridgehead atoms. The molecule has 0 unspecified atom stereocenters. The highest BCUT2D eigenvalue weighted by molar-refractivity contribution is 6.32. The molecule has 9 nitrogen and oxygen atoms in total. The molecule has 0 amide bonds. The summed E-state index contributed by atoms with van der Waals surface area (Å²) in [6, 6.07) is 17.1. The van der Waals surface area contributed by atoms with Crippen LogP contribution in [0.25, 0.3) is 10.9 Å². The van der Waals surface area contributed by atoms with Crippen molar-refractivity contribution < 1.29 is 14.6 Å². The van der Waals surface area contributed by atoms with Gasteiger partial charge in [0.05, 0.1) is 22.8 Å². The molecule has 1 aliphatic heterocycles. The molecule has 0 radical (unpaired) electrons. The summed E-state index contributed by atoms with van der Waals surface area (Å²) in [5.41, 5.74) is 2.46. The molecule has 4 aromatic rings. The second-order valence-corrected chi connectivity index (χ2v) is 8.73. The molecule has 0 saturated carbocycles. The minimum Gasteiger partial charge on any atom is -0.486 e. The normalized spacial score (nSPS) is 17.1. The number of benzene rings is 2. The molecule has 178 valence electrons. The monoisotopic (exact) mass is 490 g/mol. The van der Waals surface area contributed by atoms with E-state index >= 15 is 0 Å². The molecule has 1 atom stereocenters. The summed E-state index contributed by atoms with van der Waals surface area (Å²) in [5.74, 6) is 1.18. The summed E-state index contributed by atoms with van der Waals surface area (Å²) in [4.78, 5) is 17.4. The Morgan fingerprint density at radius 3 is 2.69 bits per heavy atom. The standard InChI is InChI=1S/C25H23ClN6O3/c1-25(13-33)14-35-24(32-25)31-16-5-7-21-19(10-16)23(29-15-28-21)30-17-6-8-22(20(26)11-17)34-12-18-4-2-3-9-27-18/h2-11,15,33H,12-14H2,1H3,(H,31,32)(H,28,29,30)/t25-/m0/s1. The van der Waals surface area contributed by atoms with Crippen molar-refractivity contribution in [1.29, 1.82) is 0 Å². The lowest BCUT2D eigenvalue weighted by Gasteiger charge is -2.12. The zero-order valence-corrected chi connectivity index (χ0v) is 19.7. The van der Waals surface area contributed by atoms with Crippen LogP contribution in [0.4, 0.5) is 17.2 Å². The van der Waals surface area contributed by atoms with Gasteiger partial charge < -0.3 is 25.2 Å². The number of hydrogen-bond acceptors (Lipinski definition) is 9. The first-order valence-corrected chi connectivity index (χ1v) is 11.3. The van der Waals surface area contributed by atoms with Gasteiger partial charge >= 0.3 is 0 Å². The van der Waals surface area contributed by atoms with Gasteiger partial charge in [0.1, 0.15) is 36.6 Å². The summed E-state index contributed by atoms with van der Waals surface area (Å²) < 4.78 is 11.4. The Kier molecular flexibility index (Phi) is 6.35. The van der Waals surface area contributed by atoms with Gasteiger partial charge in [-0.1, -0.05) is 17.7 Å². The lowest BCUT2D eigenvalue weighted by molar-refractivity contribution is 0.170. The molecule has 0 fully saturated rings. The van der Waals surface area contributed by atoms with Crippen molar-refractivity contribution in [2.45, 2.75) is 19.1 Å². The van der Waals surface area contributed by atoms with Crippen LogP contribution in [0.3, 0.4) is 0 Å². The number of pyridine rings is 1. The van der Waals surface area contributed by atoms with E-state index in [4.69, 9.17) is 21.1 Å². The molecule has 35 heavy (non-hydrogen) atoms. The van der Waals surface area contributed by atoms with Crippen molar-refractivity contribution in [2.24, 2.45) is 4.99 Å². The van der Waals surface area contributed by atoms with Crippen LogP contribution in [0.15, 0.2) is 72.1 Å². The van der Waals surface area contributed by atoms with Crippen LogP contribution in [0, 0.1) is 0 Å². The topological polar surface area (TPSA) is 114 Å². The molecule has 0 spiro atoms.